The molecule has 24 heavy (non-hydrogen) atoms. The summed E-state index contributed by atoms with van der Waals surface area (Å²) < 4.78 is 14.8. The van der Waals surface area contributed by atoms with Crippen LogP contribution in [-0.2, 0) is 9.47 Å². The summed E-state index contributed by atoms with van der Waals surface area (Å²) in [5, 5.41) is 0. The topological polar surface area (TPSA) is 78.9 Å². The average Bonchev–Trinajstić information content (AvgIpc) is 2.61. The lowest BCUT2D eigenvalue weighted by Crippen LogP contribution is -2.13. The number of carbonyl (C=O) groups excluding carboxylic acids is 3. The predicted molar refractivity (Wildman–Crippen MR) is 85.1 cm³/mol. The van der Waals surface area contributed by atoms with Crippen LogP contribution >= 0.6 is 0 Å². The van der Waals surface area contributed by atoms with Gasteiger partial charge in [0.2, 0.25) is 0 Å². The van der Waals surface area contributed by atoms with Crippen molar-refractivity contribution in [3.63, 3.8) is 0 Å². The number of carbonyl (C=O) groups is 3. The minimum atomic E-state index is -0.650. The zero-order valence-electron chi connectivity index (χ0n) is 13.3. The Kier molecular flexibility index (Phi) is 5.68. The lowest BCUT2D eigenvalue weighted by atomic mass is 10.1. The molecule has 0 saturated heterocycles. The van der Waals surface area contributed by atoms with Crippen molar-refractivity contribution in [2.45, 2.75) is 6.92 Å². The van der Waals surface area contributed by atoms with Gasteiger partial charge in [0, 0.05) is 0 Å². The van der Waals surface area contributed by atoms with E-state index in [1.807, 2.05) is 0 Å². The van der Waals surface area contributed by atoms with Crippen molar-refractivity contribution in [1.29, 1.82) is 0 Å². The van der Waals surface area contributed by atoms with Gasteiger partial charge in [-0.1, -0.05) is 12.1 Å². The number of benzene rings is 2. The number of ether oxygens (including phenoxy) is 3. The molecule has 0 bridgehead atoms. The zero-order chi connectivity index (χ0) is 17.5. The SMILES string of the molecule is CCOC(=O)c1ccccc1OC(=O)c1ccc(C(=O)OC)cc1. The van der Waals surface area contributed by atoms with Crippen LogP contribution in [0.3, 0.4) is 0 Å². The van der Waals surface area contributed by atoms with Crippen molar-refractivity contribution in [3.8, 4) is 5.75 Å². The molecule has 0 amide bonds. The smallest absolute Gasteiger partial charge is 0.343 e. The molecule has 124 valence electrons. The third-order valence-corrected chi connectivity index (χ3v) is 3.13. The fraction of sp³-hybridized carbons (Fsp3) is 0.167. The van der Waals surface area contributed by atoms with Crippen LogP contribution in [0.2, 0.25) is 0 Å². The van der Waals surface area contributed by atoms with Gasteiger partial charge in [0.15, 0.2) is 0 Å². The van der Waals surface area contributed by atoms with Crippen LogP contribution < -0.4 is 4.74 Å². The molecule has 0 unspecified atom stereocenters. The Morgan fingerprint density at radius 1 is 0.833 bits per heavy atom. The van der Waals surface area contributed by atoms with E-state index in [4.69, 9.17) is 9.47 Å². The molecule has 0 radical (unpaired) electrons. The predicted octanol–water partition coefficient (Wildman–Crippen LogP) is 2.87. The molecule has 0 saturated carbocycles. The fourth-order valence-corrected chi connectivity index (χ4v) is 1.95. The Labute approximate surface area is 139 Å². The number of para-hydroxylation sites is 1. The highest BCUT2D eigenvalue weighted by Crippen LogP contribution is 2.20. The first-order valence-electron chi connectivity index (χ1n) is 7.23. The molecule has 0 spiro atoms. The Morgan fingerprint density at radius 2 is 1.42 bits per heavy atom. The molecule has 2 aromatic rings. The van der Waals surface area contributed by atoms with Crippen LogP contribution in [0.15, 0.2) is 48.5 Å². The van der Waals surface area contributed by atoms with Gasteiger partial charge in [-0.2, -0.15) is 0 Å². The summed E-state index contributed by atoms with van der Waals surface area (Å²) in [4.78, 5) is 35.5. The number of methoxy groups -OCH3 is 1. The summed E-state index contributed by atoms with van der Waals surface area (Å²) in [6.07, 6.45) is 0. The molecule has 0 aromatic heterocycles. The van der Waals surface area contributed by atoms with Gasteiger partial charge in [-0.05, 0) is 43.3 Å². The maximum absolute atomic E-state index is 12.2. The van der Waals surface area contributed by atoms with E-state index < -0.39 is 17.9 Å². The number of esters is 3. The highest BCUT2D eigenvalue weighted by molar-refractivity contribution is 5.97. The Balaban J connectivity index is 2.18. The Bertz CT molecular complexity index is 748. The van der Waals surface area contributed by atoms with E-state index >= 15 is 0 Å². The van der Waals surface area contributed by atoms with Crippen molar-refractivity contribution in [3.05, 3.63) is 65.2 Å². The van der Waals surface area contributed by atoms with Gasteiger partial charge in [0.25, 0.3) is 0 Å². The molecule has 0 aliphatic carbocycles. The van der Waals surface area contributed by atoms with Crippen LogP contribution in [0.1, 0.15) is 38.0 Å². The first kappa shape index (κ1) is 17.2. The Hall–Kier alpha value is -3.15. The van der Waals surface area contributed by atoms with E-state index in [0.717, 1.165) is 0 Å². The summed E-state index contributed by atoms with van der Waals surface area (Å²) in [5.74, 6) is -1.61. The van der Waals surface area contributed by atoms with Crippen LogP contribution in [-0.4, -0.2) is 31.6 Å². The van der Waals surface area contributed by atoms with Gasteiger partial charge in [0.1, 0.15) is 11.3 Å². The van der Waals surface area contributed by atoms with Crippen LogP contribution in [0.5, 0.6) is 5.75 Å². The number of hydrogen-bond donors (Lipinski definition) is 0. The third-order valence-electron chi connectivity index (χ3n) is 3.13. The summed E-state index contributed by atoms with van der Waals surface area (Å²) >= 11 is 0. The van der Waals surface area contributed by atoms with Gasteiger partial charge < -0.3 is 14.2 Å². The van der Waals surface area contributed by atoms with Crippen molar-refractivity contribution < 1.29 is 28.6 Å². The van der Waals surface area contributed by atoms with Gasteiger partial charge >= 0.3 is 17.9 Å². The fourth-order valence-electron chi connectivity index (χ4n) is 1.95. The van der Waals surface area contributed by atoms with E-state index in [9.17, 15) is 14.4 Å². The second kappa shape index (κ2) is 7.92. The zero-order valence-corrected chi connectivity index (χ0v) is 13.3. The first-order valence-corrected chi connectivity index (χ1v) is 7.23. The second-order valence-corrected chi connectivity index (χ2v) is 4.68. The van der Waals surface area contributed by atoms with Crippen molar-refractivity contribution >= 4 is 17.9 Å². The largest absolute Gasteiger partial charge is 0.465 e. The molecule has 0 N–H and O–H groups in total. The standard InChI is InChI=1S/C18H16O6/c1-3-23-18(21)14-6-4-5-7-15(14)24-17(20)13-10-8-12(9-11-13)16(19)22-2/h4-11H,3H2,1-2H3. The molecule has 0 aliphatic rings. The summed E-state index contributed by atoms with van der Waals surface area (Å²) in [6.45, 7) is 1.91. The third kappa shape index (κ3) is 3.98. The molecule has 0 heterocycles. The molecule has 2 rings (SSSR count). The lowest BCUT2D eigenvalue weighted by molar-refractivity contribution is 0.0519. The van der Waals surface area contributed by atoms with Crippen LogP contribution in [0, 0.1) is 0 Å². The van der Waals surface area contributed by atoms with Gasteiger partial charge in [0.05, 0.1) is 24.8 Å². The normalized spacial score (nSPS) is 9.92. The maximum Gasteiger partial charge on any atom is 0.343 e. The quantitative estimate of drug-likeness (QED) is 0.620. The number of rotatable bonds is 5. The van der Waals surface area contributed by atoms with Crippen molar-refractivity contribution in [2.75, 3.05) is 13.7 Å². The van der Waals surface area contributed by atoms with Gasteiger partial charge in [-0.15, -0.1) is 0 Å². The van der Waals surface area contributed by atoms with Gasteiger partial charge in [-0.25, -0.2) is 14.4 Å². The Morgan fingerprint density at radius 3 is 2.00 bits per heavy atom. The second-order valence-electron chi connectivity index (χ2n) is 4.68. The molecule has 6 heteroatoms. The van der Waals surface area contributed by atoms with E-state index in [1.54, 1.807) is 19.1 Å². The highest BCUT2D eigenvalue weighted by Gasteiger charge is 2.17. The van der Waals surface area contributed by atoms with Gasteiger partial charge in [-0.3, -0.25) is 0 Å². The highest BCUT2D eigenvalue weighted by atomic mass is 16.5. The van der Waals surface area contributed by atoms with Crippen LogP contribution in [0.4, 0.5) is 0 Å². The summed E-state index contributed by atoms with van der Waals surface area (Å²) in [5.41, 5.74) is 0.723. The molecule has 2 aromatic carbocycles. The van der Waals surface area contributed by atoms with Crippen molar-refractivity contribution in [2.24, 2.45) is 0 Å². The lowest BCUT2D eigenvalue weighted by Gasteiger charge is -2.09. The minimum absolute atomic E-state index is 0.109. The molecule has 0 atom stereocenters. The maximum atomic E-state index is 12.2. The molecular formula is C18H16O6. The molecule has 0 fully saturated rings. The molecular weight excluding hydrogens is 312 g/mol. The van der Waals surface area contributed by atoms with Crippen molar-refractivity contribution in [1.82, 2.24) is 0 Å². The van der Waals surface area contributed by atoms with E-state index in [1.165, 1.54) is 43.5 Å². The minimum Gasteiger partial charge on any atom is -0.465 e. The van der Waals surface area contributed by atoms with E-state index in [2.05, 4.69) is 4.74 Å². The summed E-state index contributed by atoms with van der Waals surface area (Å²) in [7, 11) is 1.27. The summed E-state index contributed by atoms with van der Waals surface area (Å²) in [6, 6.07) is 12.1. The number of hydrogen-bond acceptors (Lipinski definition) is 6. The average molecular weight is 328 g/mol. The van der Waals surface area contributed by atoms with E-state index in [0.29, 0.717) is 5.56 Å². The van der Waals surface area contributed by atoms with E-state index in [-0.39, 0.29) is 23.5 Å². The first-order chi connectivity index (χ1) is 11.6. The molecule has 0 aliphatic heterocycles. The molecule has 6 nitrogen and oxygen atoms in total. The monoisotopic (exact) mass is 328 g/mol. The van der Waals surface area contributed by atoms with Crippen LogP contribution in [0.25, 0.3) is 0 Å².